The summed E-state index contributed by atoms with van der Waals surface area (Å²) >= 11 is 1.39. The van der Waals surface area contributed by atoms with Crippen LogP contribution in [0, 0.1) is 18.3 Å². The second-order valence-electron chi connectivity index (χ2n) is 5.92. The topological polar surface area (TPSA) is 71.6 Å². The second-order valence-corrected chi connectivity index (χ2v) is 6.84. The first kappa shape index (κ1) is 16.9. The van der Waals surface area contributed by atoms with Crippen LogP contribution in [0.2, 0.25) is 0 Å². The predicted octanol–water partition coefficient (Wildman–Crippen LogP) is 4.19. The van der Waals surface area contributed by atoms with Crippen molar-refractivity contribution in [3.8, 4) is 11.8 Å². The summed E-state index contributed by atoms with van der Waals surface area (Å²) in [6, 6.07) is 16.8. The molecule has 0 spiro atoms. The molecule has 3 heterocycles. The number of hydrogen-bond acceptors (Lipinski definition) is 5. The quantitative estimate of drug-likeness (QED) is 0.542. The SMILES string of the molecule is Cc1ccccc1-n1c(C=Cc2cccc(C#N)n2)nc2ccsc2c1=O. The van der Waals surface area contributed by atoms with Gasteiger partial charge >= 0.3 is 0 Å². The Morgan fingerprint density at radius 1 is 1.07 bits per heavy atom. The van der Waals surface area contributed by atoms with Crippen molar-refractivity contribution in [3.63, 3.8) is 0 Å². The minimum atomic E-state index is -0.0947. The van der Waals surface area contributed by atoms with E-state index in [0.717, 1.165) is 11.3 Å². The normalized spacial score (nSPS) is 11.1. The average Bonchev–Trinajstić information content (AvgIpc) is 3.16. The van der Waals surface area contributed by atoms with E-state index in [1.165, 1.54) is 11.3 Å². The van der Waals surface area contributed by atoms with Gasteiger partial charge in [-0.25, -0.2) is 9.97 Å². The number of nitriles is 1. The van der Waals surface area contributed by atoms with Crippen molar-refractivity contribution >= 4 is 33.7 Å². The molecule has 130 valence electrons. The van der Waals surface area contributed by atoms with Gasteiger partial charge < -0.3 is 0 Å². The molecule has 5 nitrogen and oxygen atoms in total. The van der Waals surface area contributed by atoms with Crippen molar-refractivity contribution in [2.24, 2.45) is 0 Å². The molecule has 4 aromatic rings. The summed E-state index contributed by atoms with van der Waals surface area (Å²) in [6.45, 7) is 1.96. The smallest absolute Gasteiger partial charge is 0.267 e. The van der Waals surface area contributed by atoms with E-state index < -0.39 is 0 Å². The van der Waals surface area contributed by atoms with Gasteiger partial charge in [0, 0.05) is 0 Å². The first-order chi connectivity index (χ1) is 13.2. The third-order valence-electron chi connectivity index (χ3n) is 4.15. The van der Waals surface area contributed by atoms with E-state index >= 15 is 0 Å². The minimum absolute atomic E-state index is 0.0947. The van der Waals surface area contributed by atoms with Gasteiger partial charge in [0.1, 0.15) is 22.3 Å². The zero-order chi connectivity index (χ0) is 18.8. The van der Waals surface area contributed by atoms with E-state index in [-0.39, 0.29) is 5.56 Å². The maximum atomic E-state index is 13.1. The summed E-state index contributed by atoms with van der Waals surface area (Å²) in [5.74, 6) is 0.518. The van der Waals surface area contributed by atoms with Crippen molar-refractivity contribution in [3.05, 3.63) is 87.0 Å². The number of fused-ring (bicyclic) bond motifs is 1. The lowest BCUT2D eigenvalue weighted by Gasteiger charge is -2.12. The van der Waals surface area contributed by atoms with Crippen molar-refractivity contribution in [2.45, 2.75) is 6.92 Å². The molecule has 0 atom stereocenters. The summed E-state index contributed by atoms with van der Waals surface area (Å²) in [7, 11) is 0. The lowest BCUT2D eigenvalue weighted by molar-refractivity contribution is 0.937. The number of aryl methyl sites for hydroxylation is 1. The van der Waals surface area contributed by atoms with Crippen LogP contribution in [0.15, 0.2) is 58.7 Å². The van der Waals surface area contributed by atoms with E-state index in [1.807, 2.05) is 48.7 Å². The maximum absolute atomic E-state index is 13.1. The van der Waals surface area contributed by atoms with Crippen LogP contribution in [0.5, 0.6) is 0 Å². The number of pyridine rings is 1. The molecule has 0 aliphatic heterocycles. The third kappa shape index (κ3) is 3.16. The Morgan fingerprint density at radius 3 is 2.74 bits per heavy atom. The fourth-order valence-corrected chi connectivity index (χ4v) is 3.61. The molecular formula is C21H14N4OS. The molecule has 0 aliphatic carbocycles. The number of para-hydroxylation sites is 1. The van der Waals surface area contributed by atoms with Gasteiger partial charge in [0.25, 0.3) is 5.56 Å². The zero-order valence-electron chi connectivity index (χ0n) is 14.5. The molecule has 0 saturated carbocycles. The molecule has 0 saturated heterocycles. The van der Waals surface area contributed by atoms with Crippen LogP contribution in [0.4, 0.5) is 0 Å². The van der Waals surface area contributed by atoms with Crippen LogP contribution in [-0.4, -0.2) is 14.5 Å². The molecule has 27 heavy (non-hydrogen) atoms. The number of nitrogens with zero attached hydrogens (tertiary/aromatic N) is 4. The summed E-state index contributed by atoms with van der Waals surface area (Å²) in [5, 5.41) is 10.9. The third-order valence-corrected chi connectivity index (χ3v) is 5.04. The van der Waals surface area contributed by atoms with E-state index in [9.17, 15) is 4.79 Å². The van der Waals surface area contributed by atoms with Gasteiger partial charge in [-0.1, -0.05) is 24.3 Å². The second kappa shape index (κ2) is 6.98. The Morgan fingerprint density at radius 2 is 1.93 bits per heavy atom. The summed E-state index contributed by atoms with van der Waals surface area (Å²) in [6.07, 6.45) is 3.52. The fourth-order valence-electron chi connectivity index (χ4n) is 2.85. The Balaban J connectivity index is 1.93. The van der Waals surface area contributed by atoms with Gasteiger partial charge in [0.05, 0.1) is 16.9 Å². The monoisotopic (exact) mass is 370 g/mol. The highest BCUT2D eigenvalue weighted by molar-refractivity contribution is 7.17. The van der Waals surface area contributed by atoms with Crippen LogP contribution >= 0.6 is 11.3 Å². The molecule has 1 aromatic carbocycles. The van der Waals surface area contributed by atoms with Gasteiger partial charge in [0.2, 0.25) is 0 Å². The number of aromatic nitrogens is 3. The van der Waals surface area contributed by atoms with Crippen LogP contribution in [0.25, 0.3) is 28.1 Å². The van der Waals surface area contributed by atoms with Gasteiger partial charge in [0.15, 0.2) is 0 Å². The van der Waals surface area contributed by atoms with Gasteiger partial charge in [-0.2, -0.15) is 5.26 Å². The number of hydrogen-bond donors (Lipinski definition) is 0. The Bertz CT molecular complexity index is 1280. The van der Waals surface area contributed by atoms with Crippen molar-refractivity contribution in [2.75, 3.05) is 0 Å². The molecule has 3 aromatic heterocycles. The molecule has 0 unspecified atom stereocenters. The van der Waals surface area contributed by atoms with Crippen LogP contribution in [0.1, 0.15) is 22.8 Å². The Labute approximate surface area is 159 Å². The highest BCUT2D eigenvalue weighted by atomic mass is 32.1. The van der Waals surface area contributed by atoms with Gasteiger partial charge in [-0.15, -0.1) is 11.3 Å². The maximum Gasteiger partial charge on any atom is 0.276 e. The molecule has 4 rings (SSSR count). The van der Waals surface area contributed by atoms with Crippen molar-refractivity contribution in [1.82, 2.24) is 14.5 Å². The van der Waals surface area contributed by atoms with E-state index in [4.69, 9.17) is 5.26 Å². The molecule has 0 radical (unpaired) electrons. The lowest BCUT2D eigenvalue weighted by Crippen LogP contribution is -2.22. The van der Waals surface area contributed by atoms with Gasteiger partial charge in [-0.3, -0.25) is 9.36 Å². The summed E-state index contributed by atoms with van der Waals surface area (Å²) < 4.78 is 2.25. The van der Waals surface area contributed by atoms with Crippen LogP contribution < -0.4 is 5.56 Å². The average molecular weight is 370 g/mol. The molecule has 0 N–H and O–H groups in total. The predicted molar refractivity (Wildman–Crippen MR) is 108 cm³/mol. The van der Waals surface area contributed by atoms with Crippen molar-refractivity contribution < 1.29 is 0 Å². The fraction of sp³-hybridized carbons (Fsp3) is 0.0476. The Kier molecular flexibility index (Phi) is 4.37. The van der Waals surface area contributed by atoms with Crippen LogP contribution in [-0.2, 0) is 0 Å². The van der Waals surface area contributed by atoms with Crippen molar-refractivity contribution in [1.29, 1.82) is 5.26 Å². The zero-order valence-corrected chi connectivity index (χ0v) is 15.3. The van der Waals surface area contributed by atoms with Gasteiger partial charge in [-0.05, 0) is 54.3 Å². The number of benzene rings is 1. The minimum Gasteiger partial charge on any atom is -0.267 e. The standard InChI is InChI=1S/C21H14N4OS/c1-14-5-2-3-8-18(14)25-19(24-17-11-12-27-20(17)21(25)26)10-9-15-6-4-7-16(13-22)23-15/h2-12H,1H3. The molecule has 0 fully saturated rings. The molecular weight excluding hydrogens is 356 g/mol. The van der Waals surface area contributed by atoms with E-state index in [1.54, 1.807) is 34.9 Å². The molecule has 0 aliphatic rings. The Hall–Kier alpha value is -3.56. The highest BCUT2D eigenvalue weighted by Gasteiger charge is 2.13. The summed E-state index contributed by atoms with van der Waals surface area (Å²) in [5.41, 5.74) is 3.33. The largest absolute Gasteiger partial charge is 0.276 e. The first-order valence-electron chi connectivity index (χ1n) is 8.29. The first-order valence-corrected chi connectivity index (χ1v) is 9.17. The van der Waals surface area contributed by atoms with E-state index in [0.29, 0.717) is 27.4 Å². The van der Waals surface area contributed by atoms with Crippen LogP contribution in [0.3, 0.4) is 0 Å². The van der Waals surface area contributed by atoms with E-state index in [2.05, 4.69) is 9.97 Å². The highest BCUT2D eigenvalue weighted by Crippen LogP contribution is 2.20. The molecule has 6 heteroatoms. The molecule has 0 amide bonds. The number of thiophene rings is 1. The molecule has 0 bridgehead atoms. The lowest BCUT2D eigenvalue weighted by atomic mass is 10.2. The summed E-state index contributed by atoms with van der Waals surface area (Å²) in [4.78, 5) is 22.0. The number of rotatable bonds is 3.